The summed E-state index contributed by atoms with van der Waals surface area (Å²) in [5.74, 6) is 2.52. The third kappa shape index (κ3) is 2.71. The van der Waals surface area contributed by atoms with Gasteiger partial charge in [-0.1, -0.05) is 13.8 Å². The summed E-state index contributed by atoms with van der Waals surface area (Å²) in [5.41, 5.74) is 1.16. The lowest BCUT2D eigenvalue weighted by Gasteiger charge is -2.33. The van der Waals surface area contributed by atoms with Crippen LogP contribution in [-0.2, 0) is 0 Å². The fraction of sp³-hybridized carbons (Fsp3) is 0.692. The Balaban J connectivity index is 1.99. The molecule has 0 amide bonds. The van der Waals surface area contributed by atoms with Gasteiger partial charge in [-0.2, -0.15) is 5.10 Å². The van der Waals surface area contributed by atoms with Gasteiger partial charge in [-0.3, -0.25) is 0 Å². The summed E-state index contributed by atoms with van der Waals surface area (Å²) in [5, 5.41) is 11.6. The Labute approximate surface area is 97.7 Å². The molecule has 2 rings (SSSR count). The molecule has 1 aliphatic carbocycles. The number of aryl methyl sites for hydroxylation is 1. The molecule has 1 saturated carbocycles. The minimum absolute atomic E-state index is 0.562. The molecule has 3 atom stereocenters. The third-order valence-electron chi connectivity index (χ3n) is 3.56. The van der Waals surface area contributed by atoms with Crippen molar-refractivity contribution in [1.29, 1.82) is 0 Å². The Kier molecular flexibility index (Phi) is 3.42. The van der Waals surface area contributed by atoms with Crippen LogP contribution in [0.15, 0.2) is 12.3 Å². The summed E-state index contributed by atoms with van der Waals surface area (Å²) in [4.78, 5) is 0. The minimum Gasteiger partial charge on any atom is -0.366 e. The maximum absolute atomic E-state index is 4.13. The normalized spacial score (nSPS) is 30.1. The van der Waals surface area contributed by atoms with E-state index in [2.05, 4.69) is 35.4 Å². The van der Waals surface area contributed by atoms with Crippen LogP contribution in [0.4, 0.5) is 5.82 Å². The fourth-order valence-corrected chi connectivity index (χ4v) is 2.60. The Hall–Kier alpha value is -1.12. The van der Waals surface area contributed by atoms with Crippen molar-refractivity contribution >= 4 is 5.82 Å². The van der Waals surface area contributed by atoms with Crippen molar-refractivity contribution in [2.24, 2.45) is 11.8 Å². The Morgan fingerprint density at radius 3 is 2.81 bits per heavy atom. The summed E-state index contributed by atoms with van der Waals surface area (Å²) >= 11 is 0. The van der Waals surface area contributed by atoms with Gasteiger partial charge >= 0.3 is 0 Å². The number of hydrogen-bond acceptors (Lipinski definition) is 3. The molecule has 0 spiro atoms. The summed E-state index contributed by atoms with van der Waals surface area (Å²) in [7, 11) is 0. The maximum Gasteiger partial charge on any atom is 0.149 e. The Morgan fingerprint density at radius 1 is 1.31 bits per heavy atom. The smallest absolute Gasteiger partial charge is 0.149 e. The Morgan fingerprint density at radius 2 is 2.12 bits per heavy atom. The molecule has 3 heteroatoms. The molecule has 3 nitrogen and oxygen atoms in total. The van der Waals surface area contributed by atoms with E-state index in [-0.39, 0.29) is 0 Å². The largest absolute Gasteiger partial charge is 0.366 e. The van der Waals surface area contributed by atoms with Crippen LogP contribution in [0.3, 0.4) is 0 Å². The van der Waals surface area contributed by atoms with Gasteiger partial charge in [0.2, 0.25) is 0 Å². The second-order valence-corrected chi connectivity index (χ2v) is 5.26. The number of aromatic nitrogens is 2. The molecule has 1 N–H and O–H groups in total. The van der Waals surface area contributed by atoms with E-state index in [1.54, 1.807) is 6.20 Å². The van der Waals surface area contributed by atoms with Gasteiger partial charge < -0.3 is 5.32 Å². The molecular formula is C13H21N3. The van der Waals surface area contributed by atoms with Crippen LogP contribution in [0.5, 0.6) is 0 Å². The van der Waals surface area contributed by atoms with Crippen LogP contribution in [0.25, 0.3) is 0 Å². The lowest BCUT2D eigenvalue weighted by atomic mass is 9.80. The molecule has 0 bridgehead atoms. The molecule has 1 aromatic rings. The topological polar surface area (TPSA) is 37.8 Å². The van der Waals surface area contributed by atoms with Gasteiger partial charge in [-0.05, 0) is 49.7 Å². The first-order valence-electron chi connectivity index (χ1n) is 6.21. The van der Waals surface area contributed by atoms with Crippen LogP contribution >= 0.6 is 0 Å². The average Bonchev–Trinajstić information content (AvgIpc) is 2.22. The summed E-state index contributed by atoms with van der Waals surface area (Å²) in [6.45, 7) is 6.72. The molecule has 0 radical (unpaired) electrons. The maximum atomic E-state index is 4.13. The predicted octanol–water partition coefficient (Wildman–Crippen LogP) is 3.02. The van der Waals surface area contributed by atoms with Crippen molar-refractivity contribution in [3.8, 4) is 0 Å². The zero-order chi connectivity index (χ0) is 11.5. The van der Waals surface area contributed by atoms with Crippen molar-refractivity contribution in [2.45, 2.75) is 46.1 Å². The van der Waals surface area contributed by atoms with Crippen molar-refractivity contribution in [3.63, 3.8) is 0 Å². The highest BCUT2D eigenvalue weighted by Gasteiger charge is 2.25. The number of nitrogens with zero attached hydrogens (tertiary/aromatic N) is 2. The molecule has 0 aliphatic heterocycles. The van der Waals surface area contributed by atoms with Crippen LogP contribution in [0, 0.1) is 18.8 Å². The van der Waals surface area contributed by atoms with Gasteiger partial charge in [-0.15, -0.1) is 5.10 Å². The highest BCUT2D eigenvalue weighted by Crippen LogP contribution is 2.30. The first kappa shape index (κ1) is 11.4. The standard InChI is InChI=1S/C13H21N3/c1-9-4-5-12(11(3)6-9)15-13-7-10(2)8-14-16-13/h7-9,11-12H,4-6H2,1-3H3,(H,15,16). The van der Waals surface area contributed by atoms with Gasteiger partial charge in [0.1, 0.15) is 5.82 Å². The van der Waals surface area contributed by atoms with E-state index in [0.717, 1.165) is 23.2 Å². The second-order valence-electron chi connectivity index (χ2n) is 5.26. The van der Waals surface area contributed by atoms with Gasteiger partial charge in [0.25, 0.3) is 0 Å². The average molecular weight is 219 g/mol. The van der Waals surface area contributed by atoms with E-state index in [1.165, 1.54) is 19.3 Å². The van der Waals surface area contributed by atoms with Gasteiger partial charge in [0, 0.05) is 6.04 Å². The molecule has 0 saturated heterocycles. The molecule has 1 aromatic heterocycles. The second kappa shape index (κ2) is 4.81. The van der Waals surface area contributed by atoms with E-state index < -0.39 is 0 Å². The molecule has 1 fully saturated rings. The molecular weight excluding hydrogens is 198 g/mol. The first-order valence-corrected chi connectivity index (χ1v) is 6.21. The van der Waals surface area contributed by atoms with Crippen molar-refractivity contribution in [2.75, 3.05) is 5.32 Å². The molecule has 1 aliphatic rings. The van der Waals surface area contributed by atoms with E-state index in [4.69, 9.17) is 0 Å². The molecule has 88 valence electrons. The third-order valence-corrected chi connectivity index (χ3v) is 3.56. The quantitative estimate of drug-likeness (QED) is 0.830. The molecule has 0 aromatic carbocycles. The van der Waals surface area contributed by atoms with Gasteiger partial charge in [0.05, 0.1) is 6.20 Å². The van der Waals surface area contributed by atoms with E-state index >= 15 is 0 Å². The first-order chi connectivity index (χ1) is 7.65. The van der Waals surface area contributed by atoms with Crippen molar-refractivity contribution in [1.82, 2.24) is 10.2 Å². The van der Waals surface area contributed by atoms with Crippen LogP contribution in [-0.4, -0.2) is 16.2 Å². The zero-order valence-electron chi connectivity index (χ0n) is 10.4. The van der Waals surface area contributed by atoms with Gasteiger partial charge in [0.15, 0.2) is 0 Å². The van der Waals surface area contributed by atoms with E-state index in [0.29, 0.717) is 6.04 Å². The highest BCUT2D eigenvalue weighted by molar-refractivity contribution is 5.36. The van der Waals surface area contributed by atoms with Gasteiger partial charge in [-0.25, -0.2) is 0 Å². The van der Waals surface area contributed by atoms with E-state index in [9.17, 15) is 0 Å². The zero-order valence-corrected chi connectivity index (χ0v) is 10.4. The summed E-state index contributed by atoms with van der Waals surface area (Å²) in [6, 6.07) is 2.63. The summed E-state index contributed by atoms with van der Waals surface area (Å²) < 4.78 is 0. The van der Waals surface area contributed by atoms with Crippen LogP contribution < -0.4 is 5.32 Å². The predicted molar refractivity (Wildman–Crippen MR) is 66.4 cm³/mol. The number of rotatable bonds is 2. The summed E-state index contributed by atoms with van der Waals surface area (Å²) in [6.07, 6.45) is 5.67. The van der Waals surface area contributed by atoms with Crippen molar-refractivity contribution < 1.29 is 0 Å². The number of anilines is 1. The van der Waals surface area contributed by atoms with E-state index in [1.807, 2.05) is 6.92 Å². The SMILES string of the molecule is Cc1cnnc(NC2CCC(C)CC2C)c1. The minimum atomic E-state index is 0.562. The molecule has 1 heterocycles. The highest BCUT2D eigenvalue weighted by atomic mass is 15.2. The Bertz CT molecular complexity index is 351. The lowest BCUT2D eigenvalue weighted by Crippen LogP contribution is -2.33. The van der Waals surface area contributed by atoms with Crippen LogP contribution in [0.2, 0.25) is 0 Å². The van der Waals surface area contributed by atoms with Crippen molar-refractivity contribution in [3.05, 3.63) is 17.8 Å². The fourth-order valence-electron chi connectivity index (χ4n) is 2.60. The van der Waals surface area contributed by atoms with Crippen LogP contribution in [0.1, 0.15) is 38.7 Å². The molecule has 16 heavy (non-hydrogen) atoms. The monoisotopic (exact) mass is 219 g/mol. The molecule has 3 unspecified atom stereocenters. The lowest BCUT2D eigenvalue weighted by molar-refractivity contribution is 0.276. The number of nitrogens with one attached hydrogen (secondary N) is 1. The number of hydrogen-bond donors (Lipinski definition) is 1.